The number of nitrogens with zero attached hydrogens (tertiary/aromatic N) is 1. The van der Waals surface area contributed by atoms with Gasteiger partial charge in [0.1, 0.15) is 0 Å². The van der Waals surface area contributed by atoms with Gasteiger partial charge in [0.25, 0.3) is 0 Å². The Morgan fingerprint density at radius 3 is 3.00 bits per heavy atom. The van der Waals surface area contributed by atoms with Gasteiger partial charge in [0.2, 0.25) is 5.91 Å². The van der Waals surface area contributed by atoms with E-state index >= 15 is 0 Å². The van der Waals surface area contributed by atoms with Gasteiger partial charge in [0.15, 0.2) is 0 Å². The second-order valence-electron chi connectivity index (χ2n) is 3.56. The number of carbonyl (C=O) groups excluding carboxylic acids is 1. The van der Waals surface area contributed by atoms with Crippen LogP contribution in [0, 0.1) is 5.92 Å². The van der Waals surface area contributed by atoms with Crippen LogP contribution in [0.25, 0.3) is 0 Å². The van der Waals surface area contributed by atoms with Crippen molar-refractivity contribution in [2.45, 2.75) is 19.3 Å². The summed E-state index contributed by atoms with van der Waals surface area (Å²) < 4.78 is 0. The lowest BCUT2D eigenvalue weighted by atomic mass is 9.95. The molecule has 1 heterocycles. The summed E-state index contributed by atoms with van der Waals surface area (Å²) >= 11 is 0. The van der Waals surface area contributed by atoms with Gasteiger partial charge < -0.3 is 15.7 Å². The molecule has 1 rings (SSSR count). The van der Waals surface area contributed by atoms with E-state index in [1.54, 1.807) is 0 Å². The van der Waals surface area contributed by atoms with Gasteiger partial charge in [-0.2, -0.15) is 0 Å². The quantitative estimate of drug-likeness (QED) is 0.628. The van der Waals surface area contributed by atoms with Crippen LogP contribution in [0.2, 0.25) is 0 Å². The first-order valence-corrected chi connectivity index (χ1v) is 4.86. The zero-order valence-electron chi connectivity index (χ0n) is 7.91. The highest BCUT2D eigenvalue weighted by atomic mass is 16.3. The fraction of sp³-hybridized carbons (Fsp3) is 0.889. The number of carbonyl (C=O) groups is 1. The molecule has 0 aromatic carbocycles. The van der Waals surface area contributed by atoms with Crippen LogP contribution in [0.5, 0.6) is 0 Å². The van der Waals surface area contributed by atoms with Crippen molar-refractivity contribution < 1.29 is 9.90 Å². The molecule has 1 aliphatic rings. The van der Waals surface area contributed by atoms with Crippen LogP contribution in [0.3, 0.4) is 0 Å². The van der Waals surface area contributed by atoms with Gasteiger partial charge in [-0.05, 0) is 25.2 Å². The second-order valence-corrected chi connectivity index (χ2v) is 3.56. The highest BCUT2D eigenvalue weighted by molar-refractivity contribution is 5.78. The summed E-state index contributed by atoms with van der Waals surface area (Å²) in [6.07, 6.45) is 2.96. The summed E-state index contributed by atoms with van der Waals surface area (Å²) in [4.78, 5) is 13.1. The summed E-state index contributed by atoms with van der Waals surface area (Å²) in [7, 11) is 0. The Kier molecular flexibility index (Phi) is 4.18. The minimum Gasteiger partial charge on any atom is -0.396 e. The van der Waals surface area contributed by atoms with Crippen LogP contribution < -0.4 is 5.73 Å². The number of nitrogens with two attached hydrogens (primary N) is 1. The van der Waals surface area contributed by atoms with Crippen LogP contribution >= 0.6 is 0 Å². The van der Waals surface area contributed by atoms with Crippen LogP contribution in [-0.2, 0) is 4.79 Å². The molecule has 1 fully saturated rings. The average molecular weight is 186 g/mol. The van der Waals surface area contributed by atoms with E-state index < -0.39 is 0 Å². The standard InChI is InChI=1S/C9H18N2O2/c10-6-9(13)11-4-1-2-8(7-11)3-5-12/h8,12H,1-7,10H2. The Balaban J connectivity index is 2.37. The lowest BCUT2D eigenvalue weighted by Crippen LogP contribution is -2.43. The summed E-state index contributed by atoms with van der Waals surface area (Å²) in [5, 5.41) is 8.77. The number of likely N-dealkylation sites (tertiary alicyclic amines) is 1. The molecule has 1 unspecified atom stereocenters. The van der Waals surface area contributed by atoms with E-state index in [2.05, 4.69) is 0 Å². The fourth-order valence-corrected chi connectivity index (χ4v) is 1.84. The minimum atomic E-state index is 0.0302. The number of amides is 1. The summed E-state index contributed by atoms with van der Waals surface area (Å²) in [6, 6.07) is 0. The molecule has 76 valence electrons. The van der Waals surface area contributed by atoms with Gasteiger partial charge in [0, 0.05) is 19.7 Å². The van der Waals surface area contributed by atoms with Gasteiger partial charge in [-0.15, -0.1) is 0 Å². The number of hydrogen-bond donors (Lipinski definition) is 2. The number of aliphatic hydroxyl groups is 1. The monoisotopic (exact) mass is 186 g/mol. The second kappa shape index (κ2) is 5.19. The molecule has 0 spiro atoms. The van der Waals surface area contributed by atoms with Crippen molar-refractivity contribution in [2.75, 3.05) is 26.2 Å². The Hall–Kier alpha value is -0.610. The van der Waals surface area contributed by atoms with E-state index in [0.29, 0.717) is 5.92 Å². The highest BCUT2D eigenvalue weighted by Gasteiger charge is 2.21. The Morgan fingerprint density at radius 1 is 1.62 bits per heavy atom. The van der Waals surface area contributed by atoms with Gasteiger partial charge in [-0.3, -0.25) is 4.79 Å². The SMILES string of the molecule is NCC(=O)N1CCCC(CCO)C1. The van der Waals surface area contributed by atoms with Crippen LogP contribution in [0.4, 0.5) is 0 Å². The topological polar surface area (TPSA) is 66.6 Å². The molecule has 4 nitrogen and oxygen atoms in total. The Morgan fingerprint density at radius 2 is 2.38 bits per heavy atom. The van der Waals surface area contributed by atoms with Crippen molar-refractivity contribution >= 4 is 5.91 Å². The molecular weight excluding hydrogens is 168 g/mol. The third-order valence-electron chi connectivity index (χ3n) is 2.58. The Labute approximate surface area is 78.7 Å². The molecule has 0 aliphatic carbocycles. The van der Waals surface area contributed by atoms with Crippen molar-refractivity contribution in [1.82, 2.24) is 4.90 Å². The first kappa shape index (κ1) is 10.5. The molecular formula is C9H18N2O2. The van der Waals surface area contributed by atoms with Crippen LogP contribution in [-0.4, -0.2) is 42.2 Å². The normalized spacial score (nSPS) is 23.2. The number of hydrogen-bond acceptors (Lipinski definition) is 3. The van der Waals surface area contributed by atoms with Crippen LogP contribution in [0.15, 0.2) is 0 Å². The summed E-state index contributed by atoms with van der Waals surface area (Å²) in [6.45, 7) is 1.93. The van der Waals surface area contributed by atoms with Crippen LogP contribution in [0.1, 0.15) is 19.3 Å². The van der Waals surface area contributed by atoms with E-state index in [9.17, 15) is 4.79 Å². The van der Waals surface area contributed by atoms with Crippen molar-refractivity contribution in [1.29, 1.82) is 0 Å². The zero-order valence-corrected chi connectivity index (χ0v) is 7.91. The third-order valence-corrected chi connectivity index (χ3v) is 2.58. The number of rotatable bonds is 3. The van der Waals surface area contributed by atoms with Crippen molar-refractivity contribution in [3.05, 3.63) is 0 Å². The Bertz CT molecular complexity index is 171. The lowest BCUT2D eigenvalue weighted by molar-refractivity contribution is -0.131. The summed E-state index contributed by atoms with van der Waals surface area (Å²) in [5.74, 6) is 0.497. The molecule has 0 aromatic rings. The molecule has 1 atom stereocenters. The van der Waals surface area contributed by atoms with Crippen molar-refractivity contribution in [3.63, 3.8) is 0 Å². The summed E-state index contributed by atoms with van der Waals surface area (Å²) in [5.41, 5.74) is 5.28. The first-order valence-electron chi connectivity index (χ1n) is 4.86. The maximum absolute atomic E-state index is 11.3. The molecule has 13 heavy (non-hydrogen) atoms. The molecule has 3 N–H and O–H groups in total. The van der Waals surface area contributed by atoms with Gasteiger partial charge >= 0.3 is 0 Å². The van der Waals surface area contributed by atoms with E-state index in [4.69, 9.17) is 10.8 Å². The maximum Gasteiger partial charge on any atom is 0.236 e. The first-order chi connectivity index (χ1) is 6.27. The largest absolute Gasteiger partial charge is 0.396 e. The molecule has 0 aromatic heterocycles. The van der Waals surface area contributed by atoms with Gasteiger partial charge in [-0.25, -0.2) is 0 Å². The lowest BCUT2D eigenvalue weighted by Gasteiger charge is -2.32. The number of aliphatic hydroxyl groups excluding tert-OH is 1. The minimum absolute atomic E-state index is 0.0302. The zero-order chi connectivity index (χ0) is 9.68. The third kappa shape index (κ3) is 2.97. The predicted octanol–water partition coefficient (Wildman–Crippen LogP) is -0.434. The molecule has 0 bridgehead atoms. The van der Waals surface area contributed by atoms with E-state index in [-0.39, 0.29) is 19.1 Å². The molecule has 4 heteroatoms. The van der Waals surface area contributed by atoms with E-state index in [1.807, 2.05) is 4.90 Å². The van der Waals surface area contributed by atoms with Gasteiger partial charge in [0.05, 0.1) is 6.54 Å². The smallest absolute Gasteiger partial charge is 0.236 e. The highest BCUT2D eigenvalue weighted by Crippen LogP contribution is 2.18. The van der Waals surface area contributed by atoms with Crippen molar-refractivity contribution in [2.24, 2.45) is 11.7 Å². The molecule has 0 saturated carbocycles. The molecule has 1 aliphatic heterocycles. The maximum atomic E-state index is 11.3. The molecule has 1 amide bonds. The predicted molar refractivity (Wildman–Crippen MR) is 50.1 cm³/mol. The van der Waals surface area contributed by atoms with E-state index in [0.717, 1.165) is 32.4 Å². The van der Waals surface area contributed by atoms with Crippen molar-refractivity contribution in [3.8, 4) is 0 Å². The van der Waals surface area contributed by atoms with E-state index in [1.165, 1.54) is 0 Å². The molecule has 0 radical (unpaired) electrons. The van der Waals surface area contributed by atoms with Gasteiger partial charge in [-0.1, -0.05) is 0 Å². The fourth-order valence-electron chi connectivity index (χ4n) is 1.84. The molecule has 1 saturated heterocycles. The average Bonchev–Trinajstić information content (AvgIpc) is 2.18. The number of piperidine rings is 1.